The Hall–Kier alpha value is -3.87. The van der Waals surface area contributed by atoms with Crippen molar-refractivity contribution in [3.05, 3.63) is 94.6 Å². The number of nitrogens with zero attached hydrogens (tertiary/aromatic N) is 1. The van der Waals surface area contributed by atoms with Crippen LogP contribution in [0.2, 0.25) is 5.02 Å². The molecule has 7 heteroatoms. The number of aromatic amines is 1. The van der Waals surface area contributed by atoms with Crippen molar-refractivity contribution in [2.75, 3.05) is 13.7 Å². The van der Waals surface area contributed by atoms with Gasteiger partial charge in [-0.05, 0) is 48.7 Å². The Morgan fingerprint density at radius 3 is 2.73 bits per heavy atom. The molecular formula is C30H26ClN3O3. The first-order chi connectivity index (χ1) is 18.0. The Bertz CT molecular complexity index is 1650. The predicted octanol–water partition coefficient (Wildman–Crippen LogP) is 5.69. The molecule has 2 aromatic heterocycles. The molecule has 6 nitrogen and oxygen atoms in total. The molecule has 0 saturated heterocycles. The number of aromatic nitrogens is 2. The average molecular weight is 512 g/mol. The topological polar surface area (TPSA) is 87.2 Å². The monoisotopic (exact) mass is 511 g/mol. The summed E-state index contributed by atoms with van der Waals surface area (Å²) in [7, 11) is 1.60. The molecule has 0 bridgehead atoms. The van der Waals surface area contributed by atoms with Crippen molar-refractivity contribution in [3.63, 3.8) is 0 Å². The van der Waals surface area contributed by atoms with Gasteiger partial charge in [-0.1, -0.05) is 54.1 Å². The van der Waals surface area contributed by atoms with E-state index in [0.717, 1.165) is 27.7 Å². The van der Waals surface area contributed by atoms with Gasteiger partial charge in [0.15, 0.2) is 0 Å². The third-order valence-electron chi connectivity index (χ3n) is 7.36. The number of aryl methyl sites for hydroxylation is 1. The summed E-state index contributed by atoms with van der Waals surface area (Å²) in [5, 5.41) is 16.2. The smallest absolute Gasteiger partial charge is 0.252 e. The second-order valence-corrected chi connectivity index (χ2v) is 10.0. The molecule has 2 heterocycles. The van der Waals surface area contributed by atoms with Crippen LogP contribution < -0.4 is 10.1 Å². The second kappa shape index (κ2) is 9.21. The van der Waals surface area contributed by atoms with Crippen LogP contribution in [-0.4, -0.2) is 40.2 Å². The molecule has 0 saturated carbocycles. The third kappa shape index (κ3) is 4.12. The number of halogens is 1. The number of rotatable bonds is 5. The van der Waals surface area contributed by atoms with Crippen molar-refractivity contribution in [1.29, 1.82) is 0 Å². The van der Waals surface area contributed by atoms with E-state index in [1.54, 1.807) is 7.11 Å². The number of hydrogen-bond donors (Lipinski definition) is 3. The van der Waals surface area contributed by atoms with E-state index in [9.17, 15) is 9.90 Å². The number of carbonyl (C=O) groups excluding carboxylic acids is 1. The van der Waals surface area contributed by atoms with Crippen molar-refractivity contribution in [1.82, 2.24) is 15.3 Å². The number of ether oxygens (including phenoxy) is 1. The Morgan fingerprint density at radius 1 is 1.11 bits per heavy atom. The minimum absolute atomic E-state index is 0.177. The number of amides is 1. The summed E-state index contributed by atoms with van der Waals surface area (Å²) in [4.78, 5) is 22.2. The maximum absolute atomic E-state index is 13.9. The fourth-order valence-electron chi connectivity index (χ4n) is 5.36. The number of benzene rings is 3. The van der Waals surface area contributed by atoms with E-state index in [1.807, 2.05) is 72.8 Å². The molecule has 6 rings (SSSR count). The molecule has 0 fully saturated rings. The van der Waals surface area contributed by atoms with Crippen LogP contribution in [0.5, 0.6) is 5.75 Å². The van der Waals surface area contributed by atoms with Gasteiger partial charge < -0.3 is 20.1 Å². The molecule has 5 aromatic rings. The fourth-order valence-corrected chi connectivity index (χ4v) is 5.59. The second-order valence-electron chi connectivity index (χ2n) is 9.62. The minimum atomic E-state index is -0.803. The van der Waals surface area contributed by atoms with E-state index >= 15 is 0 Å². The van der Waals surface area contributed by atoms with Gasteiger partial charge in [0.25, 0.3) is 5.91 Å². The largest absolute Gasteiger partial charge is 0.497 e. The Balaban J connectivity index is 1.41. The summed E-state index contributed by atoms with van der Waals surface area (Å²) in [6, 6.07) is 23.0. The Kier molecular flexibility index (Phi) is 5.86. The zero-order valence-electron chi connectivity index (χ0n) is 20.3. The summed E-state index contributed by atoms with van der Waals surface area (Å²) in [6.07, 6.45) is 1.80. The lowest BCUT2D eigenvalue weighted by molar-refractivity contribution is 0.0810. The van der Waals surface area contributed by atoms with Crippen LogP contribution in [-0.2, 0) is 12.8 Å². The standard InChI is InChI=1S/C30H26ClN3O3/c1-37-19-10-11-25-21(14-19)22(15-27(32-25)18-6-3-2-4-7-18)29(36)34-30(17-35)13-12-26-23(16-30)20-8-5-9-24(31)28(20)33-26/h2-11,14-15,33,35H,12-13,16-17H2,1H3,(H,34,36). The summed E-state index contributed by atoms with van der Waals surface area (Å²) in [5.74, 6) is 0.388. The number of para-hydroxylation sites is 1. The van der Waals surface area contributed by atoms with Crippen molar-refractivity contribution in [2.24, 2.45) is 0 Å². The number of methoxy groups -OCH3 is 1. The quantitative estimate of drug-likeness (QED) is 0.283. The number of pyridine rings is 1. The normalized spacial score (nSPS) is 17.1. The van der Waals surface area contributed by atoms with E-state index in [4.69, 9.17) is 21.3 Å². The van der Waals surface area contributed by atoms with Gasteiger partial charge in [-0.25, -0.2) is 4.98 Å². The molecule has 0 spiro atoms. The van der Waals surface area contributed by atoms with Gasteiger partial charge in [-0.2, -0.15) is 0 Å². The SMILES string of the molecule is COc1ccc2nc(-c3ccccc3)cc(C(=O)NC3(CO)CCc4[nH]c5c(Cl)cccc5c4C3)c2c1. The lowest BCUT2D eigenvalue weighted by atomic mass is 9.80. The molecule has 3 N–H and O–H groups in total. The van der Waals surface area contributed by atoms with Crippen molar-refractivity contribution in [2.45, 2.75) is 24.8 Å². The van der Waals surface area contributed by atoms with Gasteiger partial charge in [0.05, 0.1) is 46.6 Å². The van der Waals surface area contributed by atoms with Gasteiger partial charge in [0.2, 0.25) is 0 Å². The van der Waals surface area contributed by atoms with Crippen molar-refractivity contribution < 1.29 is 14.6 Å². The van der Waals surface area contributed by atoms with Gasteiger partial charge in [-0.15, -0.1) is 0 Å². The lowest BCUT2D eigenvalue weighted by Crippen LogP contribution is -2.54. The molecule has 3 aromatic carbocycles. The molecule has 0 aliphatic heterocycles. The number of carbonyl (C=O) groups is 1. The highest BCUT2D eigenvalue weighted by Gasteiger charge is 2.38. The molecule has 0 radical (unpaired) electrons. The first-order valence-corrected chi connectivity index (χ1v) is 12.6. The molecular weight excluding hydrogens is 486 g/mol. The predicted molar refractivity (Wildman–Crippen MR) is 146 cm³/mol. The van der Waals surface area contributed by atoms with E-state index in [-0.39, 0.29) is 12.5 Å². The lowest BCUT2D eigenvalue weighted by Gasteiger charge is -2.36. The third-order valence-corrected chi connectivity index (χ3v) is 7.67. The highest BCUT2D eigenvalue weighted by molar-refractivity contribution is 6.35. The molecule has 37 heavy (non-hydrogen) atoms. The van der Waals surface area contributed by atoms with E-state index in [2.05, 4.69) is 10.3 Å². The number of fused-ring (bicyclic) bond motifs is 4. The number of H-pyrrole nitrogens is 1. The first kappa shape index (κ1) is 23.5. The van der Waals surface area contributed by atoms with Crippen LogP contribution in [0.25, 0.3) is 33.1 Å². The summed E-state index contributed by atoms with van der Waals surface area (Å²) in [6.45, 7) is -0.177. The van der Waals surface area contributed by atoms with Gasteiger partial charge in [0.1, 0.15) is 5.75 Å². The highest BCUT2D eigenvalue weighted by Crippen LogP contribution is 2.37. The zero-order valence-corrected chi connectivity index (χ0v) is 21.1. The summed E-state index contributed by atoms with van der Waals surface area (Å²) >= 11 is 6.43. The maximum Gasteiger partial charge on any atom is 0.252 e. The van der Waals surface area contributed by atoms with E-state index in [1.165, 1.54) is 0 Å². The molecule has 1 aliphatic rings. The molecule has 1 amide bonds. The van der Waals surface area contributed by atoms with Crippen LogP contribution in [0.1, 0.15) is 28.0 Å². The summed E-state index contributed by atoms with van der Waals surface area (Å²) in [5.41, 5.74) is 5.10. The Morgan fingerprint density at radius 2 is 1.95 bits per heavy atom. The average Bonchev–Trinajstić information content (AvgIpc) is 3.31. The van der Waals surface area contributed by atoms with Crippen molar-refractivity contribution in [3.8, 4) is 17.0 Å². The molecule has 186 valence electrons. The first-order valence-electron chi connectivity index (χ1n) is 12.3. The number of aliphatic hydroxyl groups is 1. The van der Waals surface area contributed by atoms with Crippen LogP contribution in [0.3, 0.4) is 0 Å². The van der Waals surface area contributed by atoms with E-state index in [0.29, 0.717) is 52.2 Å². The number of nitrogens with one attached hydrogen (secondary N) is 2. The summed E-state index contributed by atoms with van der Waals surface area (Å²) < 4.78 is 5.43. The molecule has 1 atom stereocenters. The molecule has 1 unspecified atom stereocenters. The Labute approximate surface area is 219 Å². The van der Waals surface area contributed by atoms with Crippen LogP contribution in [0.4, 0.5) is 0 Å². The maximum atomic E-state index is 13.9. The van der Waals surface area contributed by atoms with Crippen LogP contribution >= 0.6 is 11.6 Å². The van der Waals surface area contributed by atoms with Gasteiger partial charge in [0, 0.05) is 28.5 Å². The van der Waals surface area contributed by atoms with Gasteiger partial charge >= 0.3 is 0 Å². The van der Waals surface area contributed by atoms with Crippen molar-refractivity contribution >= 4 is 39.3 Å². The minimum Gasteiger partial charge on any atom is -0.497 e. The number of hydrogen-bond acceptors (Lipinski definition) is 4. The van der Waals surface area contributed by atoms with Crippen LogP contribution in [0, 0.1) is 0 Å². The fraction of sp³-hybridized carbons (Fsp3) is 0.200. The zero-order chi connectivity index (χ0) is 25.6. The number of aliphatic hydroxyl groups excluding tert-OH is 1. The van der Waals surface area contributed by atoms with Crippen LogP contribution in [0.15, 0.2) is 72.8 Å². The van der Waals surface area contributed by atoms with Gasteiger partial charge in [-0.3, -0.25) is 4.79 Å². The highest BCUT2D eigenvalue weighted by atomic mass is 35.5. The molecule has 1 aliphatic carbocycles. The van der Waals surface area contributed by atoms with E-state index < -0.39 is 5.54 Å².